The van der Waals surface area contributed by atoms with Crippen molar-refractivity contribution in [1.82, 2.24) is 20.2 Å². The summed E-state index contributed by atoms with van der Waals surface area (Å²) in [4.78, 5) is 48.5. The van der Waals surface area contributed by atoms with Crippen molar-refractivity contribution in [2.75, 3.05) is 18.9 Å². The number of carbonyl (C=O) groups excluding carboxylic acids is 2. The Balaban J connectivity index is 1.67. The predicted octanol–water partition coefficient (Wildman–Crippen LogP) is 3.94. The number of hydrogen-bond donors (Lipinski definition) is 3. The van der Waals surface area contributed by atoms with Crippen molar-refractivity contribution in [1.29, 1.82) is 0 Å². The molecule has 40 heavy (non-hydrogen) atoms. The Labute approximate surface area is 232 Å². The lowest BCUT2D eigenvalue weighted by Gasteiger charge is -2.24. The van der Waals surface area contributed by atoms with Gasteiger partial charge in [0, 0.05) is 18.7 Å². The molecule has 4 aromatic rings. The maximum absolute atomic E-state index is 13.8. The highest BCUT2D eigenvalue weighted by molar-refractivity contribution is 5.95. The highest BCUT2D eigenvalue weighted by Gasteiger charge is 2.23. The molecule has 0 saturated carbocycles. The first-order valence-corrected chi connectivity index (χ1v) is 13.1. The largest absolute Gasteiger partial charge is 0.338 e. The van der Waals surface area contributed by atoms with E-state index in [2.05, 4.69) is 20.6 Å². The van der Waals surface area contributed by atoms with E-state index in [1.54, 1.807) is 18.9 Å². The van der Waals surface area contributed by atoms with Gasteiger partial charge in [-0.3, -0.25) is 14.4 Å². The van der Waals surface area contributed by atoms with Crippen molar-refractivity contribution >= 4 is 17.5 Å². The van der Waals surface area contributed by atoms with E-state index in [4.69, 9.17) is 0 Å². The molecule has 8 nitrogen and oxygen atoms in total. The summed E-state index contributed by atoms with van der Waals surface area (Å²) >= 11 is 0. The maximum Gasteiger partial charge on any atom is 0.275 e. The Morgan fingerprint density at radius 2 is 1.57 bits per heavy atom. The van der Waals surface area contributed by atoms with Crippen LogP contribution in [0.25, 0.3) is 11.4 Å². The van der Waals surface area contributed by atoms with Gasteiger partial charge in [-0.15, -0.1) is 0 Å². The summed E-state index contributed by atoms with van der Waals surface area (Å²) in [6.45, 7) is 2.48. The van der Waals surface area contributed by atoms with Crippen molar-refractivity contribution in [3.63, 3.8) is 0 Å². The molecule has 4 rings (SSSR count). The maximum atomic E-state index is 13.8. The molecular formula is C31H32FN5O3. The third kappa shape index (κ3) is 7.48. The van der Waals surface area contributed by atoms with Crippen LogP contribution in [0.15, 0.2) is 89.7 Å². The zero-order chi connectivity index (χ0) is 28.5. The highest BCUT2D eigenvalue weighted by Crippen LogP contribution is 2.19. The van der Waals surface area contributed by atoms with E-state index >= 15 is 0 Å². The van der Waals surface area contributed by atoms with Crippen molar-refractivity contribution in [2.24, 2.45) is 0 Å². The molecule has 0 aliphatic rings. The number of aromatic nitrogens is 2. The van der Waals surface area contributed by atoms with Crippen LogP contribution >= 0.6 is 0 Å². The minimum atomic E-state index is -0.604. The topological polar surface area (TPSA) is 107 Å². The van der Waals surface area contributed by atoms with Gasteiger partial charge in [-0.05, 0) is 55.8 Å². The van der Waals surface area contributed by atoms with Gasteiger partial charge in [-0.1, -0.05) is 60.7 Å². The number of aromatic amines is 1. The van der Waals surface area contributed by atoms with Crippen LogP contribution in [0, 0.1) is 5.82 Å². The first-order valence-electron chi connectivity index (χ1n) is 13.1. The Kier molecular flexibility index (Phi) is 9.53. The number of benzene rings is 3. The number of nitrogens with zero attached hydrogens (tertiary/aromatic N) is 2. The summed E-state index contributed by atoms with van der Waals surface area (Å²) in [6.07, 6.45) is 0.426. The first-order chi connectivity index (χ1) is 19.3. The van der Waals surface area contributed by atoms with E-state index in [0.717, 1.165) is 11.1 Å². The molecule has 2 amide bonds. The number of halogens is 1. The van der Waals surface area contributed by atoms with Gasteiger partial charge < -0.3 is 20.5 Å². The molecule has 0 aliphatic carbocycles. The minimum absolute atomic E-state index is 0.0889. The first kappa shape index (κ1) is 28.4. The second-order valence-corrected chi connectivity index (χ2v) is 9.46. The monoisotopic (exact) mass is 541 g/mol. The van der Waals surface area contributed by atoms with E-state index in [-0.39, 0.29) is 29.5 Å². The van der Waals surface area contributed by atoms with Gasteiger partial charge in [0.15, 0.2) is 0 Å². The van der Waals surface area contributed by atoms with E-state index in [9.17, 15) is 18.8 Å². The molecule has 0 aliphatic heterocycles. The van der Waals surface area contributed by atoms with Crippen molar-refractivity contribution < 1.29 is 14.0 Å². The molecule has 206 valence electrons. The lowest BCUT2D eigenvalue weighted by molar-refractivity contribution is -0.131. The lowest BCUT2D eigenvalue weighted by Crippen LogP contribution is -2.38. The van der Waals surface area contributed by atoms with E-state index < -0.39 is 23.3 Å². The quantitative estimate of drug-likeness (QED) is 0.267. The molecule has 3 N–H and O–H groups in total. The van der Waals surface area contributed by atoms with Gasteiger partial charge in [-0.2, -0.15) is 0 Å². The van der Waals surface area contributed by atoms with Gasteiger partial charge in [0.2, 0.25) is 11.8 Å². The lowest BCUT2D eigenvalue weighted by atomic mass is 10.1. The second-order valence-electron chi connectivity index (χ2n) is 9.46. The number of rotatable bonds is 11. The number of nitrogens with one attached hydrogen (secondary N) is 3. The molecule has 0 spiro atoms. The average Bonchev–Trinajstić information content (AvgIpc) is 2.97. The molecule has 0 saturated heterocycles. The summed E-state index contributed by atoms with van der Waals surface area (Å²) in [7, 11) is 1.63. The molecule has 9 heteroatoms. The van der Waals surface area contributed by atoms with Gasteiger partial charge in [0.25, 0.3) is 5.56 Å². The summed E-state index contributed by atoms with van der Waals surface area (Å²) in [6, 6.07) is 24.4. The molecule has 1 heterocycles. The van der Waals surface area contributed by atoms with Crippen LogP contribution in [0.2, 0.25) is 0 Å². The zero-order valence-corrected chi connectivity index (χ0v) is 22.5. The van der Waals surface area contributed by atoms with Crippen LogP contribution in [0.1, 0.15) is 23.7 Å². The average molecular weight is 542 g/mol. The van der Waals surface area contributed by atoms with E-state index in [0.29, 0.717) is 25.1 Å². The Morgan fingerprint density at radius 1 is 0.950 bits per heavy atom. The molecule has 3 aromatic carbocycles. The van der Waals surface area contributed by atoms with E-state index in [1.165, 1.54) is 24.3 Å². The summed E-state index contributed by atoms with van der Waals surface area (Å²) in [5, 5.41) is 5.46. The van der Waals surface area contributed by atoms with E-state index in [1.807, 2.05) is 60.7 Å². The van der Waals surface area contributed by atoms with Crippen molar-refractivity contribution in [3.8, 4) is 11.4 Å². The highest BCUT2D eigenvalue weighted by atomic mass is 19.1. The van der Waals surface area contributed by atoms with Gasteiger partial charge in [0.05, 0.1) is 18.2 Å². The number of likely N-dealkylation sites (N-methyl/N-ethyl adjacent to an activating group) is 1. The normalized spacial score (nSPS) is 11.6. The number of H-pyrrole nitrogens is 1. The fourth-order valence-corrected chi connectivity index (χ4v) is 4.14. The number of hydrogen-bond acceptors (Lipinski definition) is 5. The van der Waals surface area contributed by atoms with Crippen LogP contribution < -0.4 is 16.2 Å². The molecule has 0 fully saturated rings. The van der Waals surface area contributed by atoms with Crippen molar-refractivity contribution in [2.45, 2.75) is 32.4 Å². The number of anilines is 1. The molecule has 1 atom stereocenters. The Bertz CT molecular complexity index is 1490. The molecule has 0 unspecified atom stereocenters. The Hall–Kier alpha value is -4.63. The Morgan fingerprint density at radius 3 is 2.20 bits per heavy atom. The molecular weight excluding hydrogens is 509 g/mol. The second kappa shape index (κ2) is 13.4. The van der Waals surface area contributed by atoms with Crippen LogP contribution in [0.3, 0.4) is 0 Å². The van der Waals surface area contributed by atoms with Crippen LogP contribution in [0.4, 0.5) is 10.1 Å². The SMILES string of the molecule is CN[C@@H](C)C(=O)Nc1c(CC(=O)N(CCc2ccccc2)Cc2ccccc2)nc(-c2ccc(F)cc2)[nH]c1=O. The third-order valence-corrected chi connectivity index (χ3v) is 6.59. The van der Waals surface area contributed by atoms with Crippen molar-refractivity contribution in [3.05, 3.63) is 118 Å². The summed E-state index contributed by atoms with van der Waals surface area (Å²) in [5.74, 6) is -0.948. The van der Waals surface area contributed by atoms with Crippen LogP contribution in [-0.4, -0.2) is 46.3 Å². The standard InChI is InChI=1S/C31H32FN5O3/c1-21(33-2)30(39)35-28-26(34-29(36-31(28)40)24-13-15-25(32)16-14-24)19-27(38)37(20-23-11-7-4-8-12-23)18-17-22-9-5-3-6-10-22/h3-16,21,33H,17-20H2,1-2H3,(H,35,39)(H,34,36,40)/t21-/m0/s1. The third-order valence-electron chi connectivity index (χ3n) is 6.59. The molecule has 1 aromatic heterocycles. The van der Waals surface area contributed by atoms with Gasteiger partial charge in [0.1, 0.15) is 17.3 Å². The fourth-order valence-electron chi connectivity index (χ4n) is 4.14. The van der Waals surface area contributed by atoms with Crippen LogP contribution in [0.5, 0.6) is 0 Å². The van der Waals surface area contributed by atoms with Crippen LogP contribution in [-0.2, 0) is 29.0 Å². The smallest absolute Gasteiger partial charge is 0.275 e. The molecule has 0 radical (unpaired) electrons. The summed E-state index contributed by atoms with van der Waals surface area (Å²) < 4.78 is 13.5. The zero-order valence-electron chi connectivity index (χ0n) is 22.5. The molecule has 0 bridgehead atoms. The predicted molar refractivity (Wildman–Crippen MR) is 153 cm³/mol. The number of carbonyl (C=O) groups is 2. The van der Waals surface area contributed by atoms with Gasteiger partial charge in [-0.25, -0.2) is 9.37 Å². The van der Waals surface area contributed by atoms with Gasteiger partial charge >= 0.3 is 0 Å². The fraction of sp³-hybridized carbons (Fsp3) is 0.226. The summed E-state index contributed by atoms with van der Waals surface area (Å²) in [5.41, 5.74) is 1.96. The minimum Gasteiger partial charge on any atom is -0.338 e. The number of amides is 2.